The molecule has 0 unspecified atom stereocenters. The number of carbonyl (C=O) groups is 1. The van der Waals surface area contributed by atoms with Crippen LogP contribution in [0.5, 0.6) is 5.75 Å². The summed E-state index contributed by atoms with van der Waals surface area (Å²) in [6.45, 7) is -0.697. The lowest BCUT2D eigenvalue weighted by molar-refractivity contribution is -0.274. The number of anilines is 1. The van der Waals surface area contributed by atoms with E-state index in [4.69, 9.17) is 0 Å². The minimum atomic E-state index is -4.90. The number of rotatable bonds is 6. The van der Waals surface area contributed by atoms with Gasteiger partial charge in [0.1, 0.15) is 11.6 Å². The van der Waals surface area contributed by atoms with Crippen LogP contribution in [0.2, 0.25) is 0 Å². The standard InChI is InChI=1S/C15H12F4N2O4S/c16-12-3-1-2-4-13(12)21-14(22)9-20-26(23,24)11-7-5-10(6-8-11)25-15(17,18)19/h1-8,20H,9H2,(H,21,22). The van der Waals surface area contributed by atoms with E-state index in [0.29, 0.717) is 0 Å². The summed E-state index contributed by atoms with van der Waals surface area (Å²) >= 11 is 0. The van der Waals surface area contributed by atoms with E-state index in [1.807, 2.05) is 4.72 Å². The van der Waals surface area contributed by atoms with Gasteiger partial charge in [-0.1, -0.05) is 12.1 Å². The Bertz CT molecular complexity index is 883. The quantitative estimate of drug-likeness (QED) is 0.741. The molecule has 26 heavy (non-hydrogen) atoms. The number of nitrogens with one attached hydrogen (secondary N) is 2. The van der Waals surface area contributed by atoms with Crippen LogP contribution < -0.4 is 14.8 Å². The maximum atomic E-state index is 13.4. The topological polar surface area (TPSA) is 84.5 Å². The van der Waals surface area contributed by atoms with E-state index < -0.39 is 40.4 Å². The maximum Gasteiger partial charge on any atom is 0.573 e. The summed E-state index contributed by atoms with van der Waals surface area (Å²) in [6.07, 6.45) is -4.90. The molecular weight excluding hydrogens is 380 g/mol. The van der Waals surface area contributed by atoms with Gasteiger partial charge in [-0.3, -0.25) is 4.79 Å². The lowest BCUT2D eigenvalue weighted by Gasteiger charge is -2.10. The fourth-order valence-corrected chi connectivity index (χ4v) is 2.80. The summed E-state index contributed by atoms with van der Waals surface area (Å²) in [5.41, 5.74) is -0.120. The molecule has 0 radical (unpaired) electrons. The summed E-state index contributed by atoms with van der Waals surface area (Å²) < 4.78 is 79.2. The van der Waals surface area contributed by atoms with Gasteiger partial charge in [0.25, 0.3) is 0 Å². The van der Waals surface area contributed by atoms with Gasteiger partial charge in [-0.25, -0.2) is 17.5 Å². The molecule has 0 aliphatic heterocycles. The molecule has 0 heterocycles. The Kier molecular flexibility index (Phi) is 5.83. The number of alkyl halides is 3. The van der Waals surface area contributed by atoms with Crippen molar-refractivity contribution in [2.24, 2.45) is 0 Å². The zero-order valence-electron chi connectivity index (χ0n) is 12.9. The second-order valence-corrected chi connectivity index (χ2v) is 6.64. The third-order valence-corrected chi connectivity index (χ3v) is 4.36. The molecule has 0 bridgehead atoms. The number of hydrogen-bond donors (Lipinski definition) is 2. The van der Waals surface area contributed by atoms with E-state index in [9.17, 15) is 30.8 Å². The van der Waals surface area contributed by atoms with Crippen molar-refractivity contribution in [2.45, 2.75) is 11.3 Å². The third kappa shape index (κ3) is 5.70. The van der Waals surface area contributed by atoms with Gasteiger partial charge in [0, 0.05) is 0 Å². The van der Waals surface area contributed by atoms with Crippen molar-refractivity contribution in [3.8, 4) is 5.75 Å². The number of sulfonamides is 1. The number of hydrogen-bond acceptors (Lipinski definition) is 4. The first-order chi connectivity index (χ1) is 12.1. The highest BCUT2D eigenvalue weighted by molar-refractivity contribution is 7.89. The Balaban J connectivity index is 1.98. The summed E-state index contributed by atoms with van der Waals surface area (Å²) in [6, 6.07) is 8.72. The van der Waals surface area contributed by atoms with E-state index >= 15 is 0 Å². The van der Waals surface area contributed by atoms with Crippen molar-refractivity contribution in [1.82, 2.24) is 4.72 Å². The van der Waals surface area contributed by atoms with Crippen LogP contribution in [0.1, 0.15) is 0 Å². The van der Waals surface area contributed by atoms with Gasteiger partial charge < -0.3 is 10.1 Å². The fraction of sp³-hybridized carbons (Fsp3) is 0.133. The summed E-state index contributed by atoms with van der Waals surface area (Å²) in [5, 5.41) is 2.18. The van der Waals surface area contributed by atoms with Crippen molar-refractivity contribution in [3.05, 3.63) is 54.3 Å². The Labute approximate surface area is 145 Å². The number of carbonyl (C=O) groups excluding carboxylic acids is 1. The molecule has 0 aliphatic rings. The smallest absolute Gasteiger partial charge is 0.406 e. The molecule has 2 rings (SSSR count). The highest BCUT2D eigenvalue weighted by Gasteiger charge is 2.31. The molecule has 0 saturated heterocycles. The average molecular weight is 392 g/mol. The lowest BCUT2D eigenvalue weighted by Crippen LogP contribution is -2.33. The summed E-state index contributed by atoms with van der Waals surface area (Å²) in [5.74, 6) is -2.10. The van der Waals surface area contributed by atoms with Gasteiger partial charge in [-0.05, 0) is 36.4 Å². The van der Waals surface area contributed by atoms with Crippen LogP contribution in [0.3, 0.4) is 0 Å². The van der Waals surface area contributed by atoms with Crippen LogP contribution in [-0.2, 0) is 14.8 Å². The molecule has 0 saturated carbocycles. The first-order valence-corrected chi connectivity index (χ1v) is 8.45. The Hall–Kier alpha value is -2.66. The first kappa shape index (κ1) is 19.7. The van der Waals surface area contributed by atoms with Crippen molar-refractivity contribution >= 4 is 21.6 Å². The molecular formula is C15H12F4N2O4S. The van der Waals surface area contributed by atoms with Crippen molar-refractivity contribution < 1.29 is 35.5 Å². The first-order valence-electron chi connectivity index (χ1n) is 6.97. The fourth-order valence-electron chi connectivity index (χ4n) is 1.82. The minimum absolute atomic E-state index is 0.120. The van der Waals surface area contributed by atoms with Crippen LogP contribution in [0, 0.1) is 5.82 Å². The van der Waals surface area contributed by atoms with Crippen LogP contribution in [0.25, 0.3) is 0 Å². The summed E-state index contributed by atoms with van der Waals surface area (Å²) in [4.78, 5) is 11.3. The molecule has 0 aliphatic carbocycles. The molecule has 0 aromatic heterocycles. The molecule has 0 atom stereocenters. The number of halogens is 4. The highest BCUT2D eigenvalue weighted by Crippen LogP contribution is 2.23. The highest BCUT2D eigenvalue weighted by atomic mass is 32.2. The minimum Gasteiger partial charge on any atom is -0.406 e. The van der Waals surface area contributed by atoms with Gasteiger partial charge in [0.05, 0.1) is 17.1 Å². The van der Waals surface area contributed by atoms with E-state index in [2.05, 4.69) is 10.1 Å². The normalized spacial score (nSPS) is 11.8. The monoisotopic (exact) mass is 392 g/mol. The van der Waals surface area contributed by atoms with Crippen molar-refractivity contribution in [2.75, 3.05) is 11.9 Å². The largest absolute Gasteiger partial charge is 0.573 e. The molecule has 0 fully saturated rings. The summed E-state index contributed by atoms with van der Waals surface area (Å²) in [7, 11) is -4.16. The Morgan fingerprint density at radius 2 is 1.65 bits per heavy atom. The molecule has 1 amide bonds. The lowest BCUT2D eigenvalue weighted by atomic mass is 10.3. The van der Waals surface area contributed by atoms with Gasteiger partial charge in [0.2, 0.25) is 15.9 Å². The van der Waals surface area contributed by atoms with E-state index in [1.165, 1.54) is 18.2 Å². The number of amides is 1. The van der Waals surface area contributed by atoms with Gasteiger partial charge in [0.15, 0.2) is 0 Å². The Morgan fingerprint density at radius 3 is 2.23 bits per heavy atom. The van der Waals surface area contributed by atoms with Crippen LogP contribution >= 0.6 is 0 Å². The van der Waals surface area contributed by atoms with Crippen molar-refractivity contribution in [3.63, 3.8) is 0 Å². The zero-order chi connectivity index (χ0) is 19.4. The van der Waals surface area contributed by atoms with Crippen LogP contribution in [0.4, 0.5) is 23.2 Å². The van der Waals surface area contributed by atoms with Crippen LogP contribution in [0.15, 0.2) is 53.4 Å². The van der Waals surface area contributed by atoms with Gasteiger partial charge in [-0.2, -0.15) is 0 Å². The van der Waals surface area contributed by atoms with Crippen LogP contribution in [-0.4, -0.2) is 27.2 Å². The number of para-hydroxylation sites is 1. The molecule has 11 heteroatoms. The molecule has 6 nitrogen and oxygen atoms in total. The predicted octanol–water partition coefficient (Wildman–Crippen LogP) is 2.64. The predicted molar refractivity (Wildman–Crippen MR) is 83.3 cm³/mol. The molecule has 140 valence electrons. The molecule has 2 N–H and O–H groups in total. The number of benzene rings is 2. The van der Waals surface area contributed by atoms with Gasteiger partial charge >= 0.3 is 6.36 Å². The maximum absolute atomic E-state index is 13.4. The van der Waals surface area contributed by atoms with E-state index in [-0.39, 0.29) is 10.6 Å². The average Bonchev–Trinajstić information content (AvgIpc) is 2.54. The molecule has 2 aromatic rings. The zero-order valence-corrected chi connectivity index (χ0v) is 13.7. The SMILES string of the molecule is O=C(CNS(=O)(=O)c1ccc(OC(F)(F)F)cc1)Nc1ccccc1F. The number of ether oxygens (including phenoxy) is 1. The molecule has 2 aromatic carbocycles. The van der Waals surface area contributed by atoms with Gasteiger partial charge in [-0.15, -0.1) is 13.2 Å². The second-order valence-electron chi connectivity index (χ2n) is 4.87. The van der Waals surface area contributed by atoms with E-state index in [1.54, 1.807) is 0 Å². The Morgan fingerprint density at radius 1 is 1.04 bits per heavy atom. The van der Waals surface area contributed by atoms with Crippen molar-refractivity contribution in [1.29, 1.82) is 0 Å². The molecule has 0 spiro atoms. The van der Waals surface area contributed by atoms with E-state index in [0.717, 1.165) is 30.3 Å². The third-order valence-electron chi connectivity index (χ3n) is 2.94. The second kappa shape index (κ2) is 7.70.